The molecule has 0 radical (unpaired) electrons. The standard InChI is InChI=1S/C26H16N2O2Se4/c29-25-21-5-1-3-7-23(21)31-27(25)17-9-13-19(14-10-17)33-34-20-15-11-18(12-16-20)28-26(30)22-6-2-4-8-24(22)32-28/h1-16H. The van der Waals surface area contributed by atoms with Crippen molar-refractivity contribution in [3.8, 4) is 11.4 Å². The molecule has 0 saturated heterocycles. The van der Waals surface area contributed by atoms with Gasteiger partial charge in [0.25, 0.3) is 0 Å². The summed E-state index contributed by atoms with van der Waals surface area (Å²) in [4.78, 5) is 25.5. The van der Waals surface area contributed by atoms with E-state index in [4.69, 9.17) is 0 Å². The Balaban J connectivity index is 1.17. The predicted molar refractivity (Wildman–Crippen MR) is 144 cm³/mol. The minimum absolute atomic E-state index is 0.00536. The molecule has 34 heavy (non-hydrogen) atoms. The number of nitrogens with zero attached hydrogens (tertiary/aromatic N) is 2. The number of hydrogen-bond donors (Lipinski definition) is 0. The molecule has 0 N–H and O–H groups in total. The molecule has 0 fully saturated rings. The van der Waals surface area contributed by atoms with Gasteiger partial charge in [-0.05, 0) is 0 Å². The van der Waals surface area contributed by atoms with Crippen LogP contribution >= 0.6 is 0 Å². The van der Waals surface area contributed by atoms with Gasteiger partial charge in [-0.2, -0.15) is 0 Å². The zero-order valence-electron chi connectivity index (χ0n) is 17.6. The number of rotatable bonds is 5. The van der Waals surface area contributed by atoms with Crippen LogP contribution in [0.2, 0.25) is 0 Å². The third-order valence-electron chi connectivity index (χ3n) is 5.36. The number of fused-ring (bicyclic) bond motifs is 2. The van der Waals surface area contributed by atoms with E-state index in [2.05, 4.69) is 60.7 Å². The average Bonchev–Trinajstić information content (AvgIpc) is 3.41. The Morgan fingerprint density at radius 1 is 0.500 bits per heavy atom. The van der Waals surface area contributed by atoms with Crippen molar-refractivity contribution in [2.24, 2.45) is 0 Å². The van der Waals surface area contributed by atoms with Gasteiger partial charge in [0.1, 0.15) is 0 Å². The van der Waals surface area contributed by atoms with E-state index in [0.29, 0.717) is 26.3 Å². The van der Waals surface area contributed by atoms with E-state index in [9.17, 15) is 9.59 Å². The van der Waals surface area contributed by atoms with Crippen LogP contribution < -0.4 is 20.0 Å². The van der Waals surface area contributed by atoms with Crippen molar-refractivity contribution in [3.05, 3.63) is 118 Å². The van der Waals surface area contributed by atoms with Crippen LogP contribution in [0.15, 0.2) is 107 Å². The Bertz CT molecular complexity index is 1610. The zero-order valence-corrected chi connectivity index (χ0v) is 24.4. The molecule has 6 rings (SSSR count). The molecule has 0 aliphatic carbocycles. The van der Waals surface area contributed by atoms with Gasteiger partial charge in [0.2, 0.25) is 0 Å². The first kappa shape index (κ1) is 22.4. The summed E-state index contributed by atoms with van der Waals surface area (Å²) in [7, 11) is 0. The molecule has 2 aromatic heterocycles. The third-order valence-corrected chi connectivity index (χ3v) is 17.3. The molecule has 0 aliphatic heterocycles. The predicted octanol–water partition coefficient (Wildman–Crippen LogP) is 1.68. The Hall–Kier alpha value is -2.10. The molecule has 0 spiro atoms. The SMILES string of the molecule is O=c1c2ccccc2[se]n1-c1ccc([Se][Se]c2ccc(-n3[se]c4ccccc4c3=O)cc2)cc1. The van der Waals surface area contributed by atoms with Gasteiger partial charge in [-0.15, -0.1) is 0 Å². The van der Waals surface area contributed by atoms with Crippen LogP contribution in [0.25, 0.3) is 30.7 Å². The van der Waals surface area contributed by atoms with Gasteiger partial charge in [-0.3, -0.25) is 0 Å². The molecule has 4 aromatic carbocycles. The molecule has 8 heteroatoms. The molecule has 4 nitrogen and oxygen atoms in total. The summed E-state index contributed by atoms with van der Waals surface area (Å²) in [5.41, 5.74) is 2.18. The van der Waals surface area contributed by atoms with Crippen molar-refractivity contribution >= 4 is 83.9 Å². The Morgan fingerprint density at radius 3 is 1.26 bits per heavy atom. The second kappa shape index (κ2) is 9.51. The Labute approximate surface area is 218 Å². The fourth-order valence-corrected chi connectivity index (χ4v) is 13.8. The first-order valence-electron chi connectivity index (χ1n) is 10.4. The monoisotopic (exact) mass is 708 g/mol. The van der Waals surface area contributed by atoms with Crippen LogP contribution in [0.4, 0.5) is 0 Å². The van der Waals surface area contributed by atoms with Gasteiger partial charge in [-0.1, -0.05) is 0 Å². The van der Waals surface area contributed by atoms with Crippen LogP contribution in [0, 0.1) is 0 Å². The summed E-state index contributed by atoms with van der Waals surface area (Å²) in [6.07, 6.45) is 0. The van der Waals surface area contributed by atoms with E-state index in [0.717, 1.165) is 30.7 Å². The molecular formula is C26H16N2O2Se4. The van der Waals surface area contributed by atoms with E-state index in [-0.39, 0.29) is 40.6 Å². The van der Waals surface area contributed by atoms with Crippen molar-refractivity contribution in [2.45, 2.75) is 0 Å². The second-order valence-electron chi connectivity index (χ2n) is 7.53. The van der Waals surface area contributed by atoms with Gasteiger partial charge in [-0.25, -0.2) is 0 Å². The van der Waals surface area contributed by atoms with Gasteiger partial charge < -0.3 is 0 Å². The summed E-state index contributed by atoms with van der Waals surface area (Å²) >= 11 is 0.733. The van der Waals surface area contributed by atoms with Crippen molar-refractivity contribution in [1.82, 2.24) is 7.12 Å². The van der Waals surface area contributed by atoms with Gasteiger partial charge >= 0.3 is 220 Å². The van der Waals surface area contributed by atoms with E-state index in [1.807, 2.05) is 43.5 Å². The van der Waals surface area contributed by atoms with Crippen molar-refractivity contribution in [2.75, 3.05) is 0 Å². The van der Waals surface area contributed by atoms with E-state index < -0.39 is 0 Å². The summed E-state index contributed by atoms with van der Waals surface area (Å²) in [6, 6.07) is 32.8. The molecule has 0 aliphatic rings. The van der Waals surface area contributed by atoms with Crippen LogP contribution in [0.1, 0.15) is 0 Å². The van der Waals surface area contributed by atoms with Gasteiger partial charge in [0.15, 0.2) is 0 Å². The fraction of sp³-hybridized carbons (Fsp3) is 0. The summed E-state index contributed by atoms with van der Waals surface area (Å²) in [6.45, 7) is 0. The van der Waals surface area contributed by atoms with Crippen LogP contribution in [0.3, 0.4) is 0 Å². The molecule has 166 valence electrons. The maximum atomic E-state index is 12.7. The minimum atomic E-state index is 0.00536. The molecule has 2 heterocycles. The topological polar surface area (TPSA) is 44.0 Å². The first-order chi connectivity index (χ1) is 16.7. The molecule has 0 bridgehead atoms. The van der Waals surface area contributed by atoms with E-state index in [1.54, 1.807) is 0 Å². The van der Waals surface area contributed by atoms with Crippen LogP contribution in [-0.2, 0) is 0 Å². The van der Waals surface area contributed by atoms with Gasteiger partial charge in [0.05, 0.1) is 0 Å². The number of aromatic nitrogens is 2. The average molecular weight is 704 g/mol. The van der Waals surface area contributed by atoms with Gasteiger partial charge in [0, 0.05) is 0 Å². The fourth-order valence-electron chi connectivity index (χ4n) is 3.65. The van der Waals surface area contributed by atoms with Crippen LogP contribution in [0.5, 0.6) is 0 Å². The van der Waals surface area contributed by atoms with E-state index >= 15 is 0 Å². The Morgan fingerprint density at radius 2 is 0.882 bits per heavy atom. The van der Waals surface area contributed by atoms with E-state index in [1.165, 1.54) is 8.92 Å². The molecule has 0 atom stereocenters. The summed E-state index contributed by atoms with van der Waals surface area (Å²) in [5, 5.41) is 1.67. The van der Waals surface area contributed by atoms with Crippen LogP contribution in [-0.4, -0.2) is 62.9 Å². The van der Waals surface area contributed by atoms with Crippen molar-refractivity contribution in [1.29, 1.82) is 0 Å². The zero-order chi connectivity index (χ0) is 23.1. The maximum absolute atomic E-state index is 12.7. The Kier molecular flexibility index (Phi) is 6.25. The quantitative estimate of drug-likeness (QED) is 0.257. The molecule has 6 aromatic rings. The van der Waals surface area contributed by atoms with Crippen molar-refractivity contribution < 1.29 is 0 Å². The molecule has 0 saturated carbocycles. The number of hydrogen-bond acceptors (Lipinski definition) is 2. The number of benzene rings is 4. The summed E-state index contributed by atoms with van der Waals surface area (Å²) in [5.74, 6) is 0. The molecular weight excluding hydrogens is 688 g/mol. The molecule has 0 unspecified atom stereocenters. The normalized spacial score (nSPS) is 11.4. The van der Waals surface area contributed by atoms with Crippen molar-refractivity contribution in [3.63, 3.8) is 0 Å². The third kappa shape index (κ3) is 4.22. The molecule has 0 amide bonds. The first-order valence-corrected chi connectivity index (χ1v) is 19.7. The second-order valence-corrected chi connectivity index (χ2v) is 18.0. The summed E-state index contributed by atoms with van der Waals surface area (Å²) < 4.78 is 8.81.